The molecular weight excluding hydrogens is 288 g/mol. The molecule has 7 heteroatoms. The average molecular weight is 305 g/mol. The van der Waals surface area contributed by atoms with E-state index >= 15 is 0 Å². The van der Waals surface area contributed by atoms with E-state index in [0.29, 0.717) is 12.1 Å². The molecule has 0 aliphatic heterocycles. The Balaban J connectivity index is 3.35. The maximum absolute atomic E-state index is 12.2. The van der Waals surface area contributed by atoms with Crippen molar-refractivity contribution in [3.63, 3.8) is 0 Å². The van der Waals surface area contributed by atoms with Crippen LogP contribution in [0.25, 0.3) is 0 Å². The number of hydrogen-bond donors (Lipinski definition) is 1. The van der Waals surface area contributed by atoms with Crippen LogP contribution in [0.1, 0.15) is 29.3 Å². The number of amides is 1. The highest BCUT2D eigenvalue weighted by Gasteiger charge is 2.19. The van der Waals surface area contributed by atoms with E-state index in [2.05, 4.69) is 0 Å². The SMILES string of the molecule is CCCN(C)C(=O)c1cc(S(N)(=O)=O)cc(Cl)c1C. The van der Waals surface area contributed by atoms with E-state index < -0.39 is 10.0 Å². The first-order valence-corrected chi connectivity index (χ1v) is 7.69. The lowest BCUT2D eigenvalue weighted by atomic mass is 10.1. The number of hydrogen-bond acceptors (Lipinski definition) is 3. The molecule has 0 saturated carbocycles. The zero-order valence-electron chi connectivity index (χ0n) is 11.1. The van der Waals surface area contributed by atoms with Crippen molar-refractivity contribution in [3.05, 3.63) is 28.3 Å². The lowest BCUT2D eigenvalue weighted by Crippen LogP contribution is -2.28. The highest BCUT2D eigenvalue weighted by atomic mass is 35.5. The summed E-state index contributed by atoms with van der Waals surface area (Å²) in [4.78, 5) is 13.6. The molecule has 19 heavy (non-hydrogen) atoms. The summed E-state index contributed by atoms with van der Waals surface area (Å²) < 4.78 is 22.7. The Kier molecular flexibility index (Phi) is 4.95. The molecule has 0 saturated heterocycles. The molecule has 0 fully saturated rings. The van der Waals surface area contributed by atoms with Crippen molar-refractivity contribution < 1.29 is 13.2 Å². The van der Waals surface area contributed by atoms with Gasteiger partial charge in [0.25, 0.3) is 5.91 Å². The summed E-state index contributed by atoms with van der Waals surface area (Å²) in [6.07, 6.45) is 0.809. The van der Waals surface area contributed by atoms with Crippen molar-refractivity contribution in [1.29, 1.82) is 0 Å². The summed E-state index contributed by atoms with van der Waals surface area (Å²) in [5, 5.41) is 5.28. The van der Waals surface area contributed by atoms with Crippen LogP contribution < -0.4 is 5.14 Å². The highest BCUT2D eigenvalue weighted by molar-refractivity contribution is 7.89. The predicted molar refractivity (Wildman–Crippen MR) is 74.8 cm³/mol. The molecule has 0 unspecified atom stereocenters. The van der Waals surface area contributed by atoms with E-state index in [-0.39, 0.29) is 21.4 Å². The Bertz CT molecular complexity index is 599. The smallest absolute Gasteiger partial charge is 0.253 e. The van der Waals surface area contributed by atoms with Gasteiger partial charge in [0, 0.05) is 24.2 Å². The number of benzene rings is 1. The van der Waals surface area contributed by atoms with Crippen molar-refractivity contribution >= 4 is 27.5 Å². The standard InChI is InChI=1S/C12H17ClN2O3S/c1-4-5-15(3)12(16)10-6-9(19(14,17)18)7-11(13)8(10)2/h6-7H,4-5H2,1-3H3,(H2,14,17,18). The molecule has 0 heterocycles. The minimum Gasteiger partial charge on any atom is -0.342 e. The van der Waals surface area contributed by atoms with Gasteiger partial charge in [-0.3, -0.25) is 4.79 Å². The average Bonchev–Trinajstić information content (AvgIpc) is 2.30. The van der Waals surface area contributed by atoms with Gasteiger partial charge in [0.1, 0.15) is 0 Å². The summed E-state index contributed by atoms with van der Waals surface area (Å²) in [6.45, 7) is 4.20. The van der Waals surface area contributed by atoms with Gasteiger partial charge in [0.05, 0.1) is 4.90 Å². The van der Waals surface area contributed by atoms with Crippen LogP contribution in [0.15, 0.2) is 17.0 Å². The van der Waals surface area contributed by atoms with Crippen LogP contribution in [0.5, 0.6) is 0 Å². The second-order valence-corrected chi connectivity index (χ2v) is 6.32. The van der Waals surface area contributed by atoms with E-state index in [9.17, 15) is 13.2 Å². The summed E-state index contributed by atoms with van der Waals surface area (Å²) in [5.74, 6) is -0.272. The van der Waals surface area contributed by atoms with Gasteiger partial charge in [-0.25, -0.2) is 13.6 Å². The predicted octanol–water partition coefficient (Wildman–Crippen LogP) is 1.78. The van der Waals surface area contributed by atoms with Crippen LogP contribution in [0.4, 0.5) is 0 Å². The van der Waals surface area contributed by atoms with Crippen molar-refractivity contribution in [1.82, 2.24) is 4.90 Å². The van der Waals surface area contributed by atoms with E-state index in [1.807, 2.05) is 6.92 Å². The minimum absolute atomic E-state index is 0.156. The number of sulfonamides is 1. The van der Waals surface area contributed by atoms with Crippen molar-refractivity contribution in [2.75, 3.05) is 13.6 Å². The number of nitrogens with two attached hydrogens (primary N) is 1. The number of halogens is 1. The molecule has 1 aromatic rings. The Labute approximate surface area is 118 Å². The second-order valence-electron chi connectivity index (χ2n) is 4.35. The first-order valence-electron chi connectivity index (χ1n) is 5.77. The first kappa shape index (κ1) is 15.9. The zero-order valence-corrected chi connectivity index (χ0v) is 12.7. The third-order valence-electron chi connectivity index (χ3n) is 2.78. The topological polar surface area (TPSA) is 80.5 Å². The molecule has 1 amide bonds. The van der Waals surface area contributed by atoms with Gasteiger partial charge in [-0.05, 0) is 31.0 Å². The molecule has 0 aliphatic rings. The second kappa shape index (κ2) is 5.90. The van der Waals surface area contributed by atoms with Crippen molar-refractivity contribution in [2.45, 2.75) is 25.2 Å². The third-order valence-corrected chi connectivity index (χ3v) is 4.07. The largest absolute Gasteiger partial charge is 0.342 e. The van der Waals surface area contributed by atoms with E-state index in [1.165, 1.54) is 17.0 Å². The van der Waals surface area contributed by atoms with Gasteiger partial charge in [-0.1, -0.05) is 18.5 Å². The van der Waals surface area contributed by atoms with Crippen molar-refractivity contribution in [2.24, 2.45) is 5.14 Å². The zero-order chi connectivity index (χ0) is 14.8. The molecule has 106 valence electrons. The summed E-state index contributed by atoms with van der Waals surface area (Å²) in [5.41, 5.74) is 0.800. The number of primary sulfonamides is 1. The Hall–Kier alpha value is -1.11. The van der Waals surface area contributed by atoms with E-state index in [1.54, 1.807) is 14.0 Å². The number of carbonyl (C=O) groups excluding carboxylic acids is 1. The van der Waals surface area contributed by atoms with Gasteiger partial charge >= 0.3 is 0 Å². The molecular formula is C12H17ClN2O3S. The van der Waals surface area contributed by atoms with Crippen LogP contribution in [-0.2, 0) is 10.0 Å². The van der Waals surface area contributed by atoms with Gasteiger partial charge < -0.3 is 4.90 Å². The van der Waals surface area contributed by atoms with Gasteiger partial charge in [0.15, 0.2) is 0 Å². The molecule has 0 spiro atoms. The van der Waals surface area contributed by atoms with Crippen LogP contribution >= 0.6 is 11.6 Å². The van der Waals surface area contributed by atoms with Crippen LogP contribution in [0, 0.1) is 6.92 Å². The number of carbonyl (C=O) groups is 1. The summed E-state index contributed by atoms with van der Waals surface area (Å²) >= 11 is 5.96. The molecule has 0 bridgehead atoms. The van der Waals surface area contributed by atoms with E-state index in [4.69, 9.17) is 16.7 Å². The fourth-order valence-electron chi connectivity index (χ4n) is 1.68. The maximum atomic E-state index is 12.2. The fourth-order valence-corrected chi connectivity index (χ4v) is 2.53. The maximum Gasteiger partial charge on any atom is 0.253 e. The Morgan fingerprint density at radius 2 is 2.00 bits per heavy atom. The van der Waals surface area contributed by atoms with Crippen LogP contribution in [0.3, 0.4) is 0 Å². The van der Waals surface area contributed by atoms with Crippen LogP contribution in [-0.4, -0.2) is 32.8 Å². The molecule has 0 aliphatic carbocycles. The molecule has 0 aromatic heterocycles. The normalized spacial score (nSPS) is 11.4. The lowest BCUT2D eigenvalue weighted by Gasteiger charge is -2.18. The molecule has 5 nitrogen and oxygen atoms in total. The van der Waals surface area contributed by atoms with E-state index in [0.717, 1.165) is 6.42 Å². The Morgan fingerprint density at radius 3 is 2.47 bits per heavy atom. The molecule has 0 atom stereocenters. The number of rotatable bonds is 4. The molecule has 2 N–H and O–H groups in total. The lowest BCUT2D eigenvalue weighted by molar-refractivity contribution is 0.0794. The molecule has 1 rings (SSSR count). The fraction of sp³-hybridized carbons (Fsp3) is 0.417. The number of nitrogens with zero attached hydrogens (tertiary/aromatic N) is 1. The van der Waals surface area contributed by atoms with Crippen LogP contribution in [0.2, 0.25) is 5.02 Å². The van der Waals surface area contributed by atoms with Gasteiger partial charge in [-0.2, -0.15) is 0 Å². The Morgan fingerprint density at radius 1 is 1.42 bits per heavy atom. The highest BCUT2D eigenvalue weighted by Crippen LogP contribution is 2.24. The third kappa shape index (κ3) is 3.68. The molecule has 1 aromatic carbocycles. The quantitative estimate of drug-likeness (QED) is 0.920. The van der Waals surface area contributed by atoms with Gasteiger partial charge in [-0.15, -0.1) is 0 Å². The monoisotopic (exact) mass is 304 g/mol. The minimum atomic E-state index is -3.89. The van der Waals surface area contributed by atoms with Gasteiger partial charge in [0.2, 0.25) is 10.0 Å². The first-order chi connectivity index (χ1) is 8.68. The van der Waals surface area contributed by atoms with Crippen molar-refractivity contribution in [3.8, 4) is 0 Å². The molecule has 0 radical (unpaired) electrons. The summed E-state index contributed by atoms with van der Waals surface area (Å²) in [6, 6.07) is 2.52. The summed E-state index contributed by atoms with van der Waals surface area (Å²) in [7, 11) is -2.24.